The first-order valence-electron chi connectivity index (χ1n) is 5.94. The lowest BCUT2D eigenvalue weighted by atomic mass is 10.1. The van der Waals surface area contributed by atoms with E-state index in [0.717, 1.165) is 6.20 Å². The van der Waals surface area contributed by atoms with Gasteiger partial charge in [0.1, 0.15) is 11.4 Å². The Bertz CT molecular complexity index is 735. The molecule has 1 aromatic carbocycles. The van der Waals surface area contributed by atoms with Gasteiger partial charge in [-0.15, -0.1) is 0 Å². The third-order valence-electron chi connectivity index (χ3n) is 2.66. The zero-order chi connectivity index (χ0) is 17.4. The molecule has 0 aliphatic heterocycles. The van der Waals surface area contributed by atoms with E-state index in [-0.39, 0.29) is 5.69 Å². The molecule has 0 saturated carbocycles. The summed E-state index contributed by atoms with van der Waals surface area (Å²) >= 11 is 5.58. The van der Waals surface area contributed by atoms with Crippen LogP contribution >= 0.6 is 11.6 Å². The summed E-state index contributed by atoms with van der Waals surface area (Å²) in [5.41, 5.74) is -1.59. The van der Waals surface area contributed by atoms with Crippen LogP contribution in [0.25, 0.3) is 11.3 Å². The van der Waals surface area contributed by atoms with Crippen molar-refractivity contribution in [1.82, 2.24) is 9.97 Å². The molecule has 0 bridgehead atoms. The van der Waals surface area contributed by atoms with Gasteiger partial charge in [-0.3, -0.25) is 0 Å². The van der Waals surface area contributed by atoms with Crippen molar-refractivity contribution in [1.29, 1.82) is 0 Å². The molecular formula is C13H7ClF6N2O. The van der Waals surface area contributed by atoms with E-state index in [1.54, 1.807) is 0 Å². The van der Waals surface area contributed by atoms with Gasteiger partial charge in [0.2, 0.25) is 0 Å². The Balaban J connectivity index is 2.57. The first-order valence-corrected chi connectivity index (χ1v) is 6.32. The summed E-state index contributed by atoms with van der Waals surface area (Å²) in [6.45, 7) is -2.79. The summed E-state index contributed by atoms with van der Waals surface area (Å²) in [5, 5.41) is -0.706. The zero-order valence-electron chi connectivity index (χ0n) is 11.3. The van der Waals surface area contributed by atoms with Crippen LogP contribution in [0.3, 0.4) is 0 Å². The number of benzene rings is 1. The number of halogens is 7. The number of hydrogen-bond acceptors (Lipinski definition) is 3. The summed E-state index contributed by atoms with van der Waals surface area (Å²) in [5.74, 6) is -6.93. The number of alkyl halides is 4. The van der Waals surface area contributed by atoms with Crippen molar-refractivity contribution in [2.24, 2.45) is 0 Å². The lowest BCUT2D eigenvalue weighted by Gasteiger charge is -2.14. The van der Waals surface area contributed by atoms with Crippen molar-refractivity contribution in [2.45, 2.75) is 19.5 Å². The molecule has 124 valence electrons. The average molecular weight is 357 g/mol. The number of rotatable bonds is 4. The van der Waals surface area contributed by atoms with E-state index in [4.69, 9.17) is 11.6 Å². The highest BCUT2D eigenvalue weighted by Gasteiger charge is 2.30. The number of ether oxygens (including phenoxy) is 1. The summed E-state index contributed by atoms with van der Waals surface area (Å²) in [7, 11) is 0. The largest absolute Gasteiger partial charge is 0.434 e. The van der Waals surface area contributed by atoms with Crippen molar-refractivity contribution < 1.29 is 31.1 Å². The number of aromatic nitrogens is 2. The molecule has 2 aromatic rings. The van der Waals surface area contributed by atoms with Crippen LogP contribution in [0.2, 0.25) is 5.15 Å². The fourth-order valence-corrected chi connectivity index (χ4v) is 2.02. The van der Waals surface area contributed by atoms with Gasteiger partial charge in [0.05, 0.1) is 11.9 Å². The minimum absolute atomic E-state index is 0.336. The highest BCUT2D eigenvalue weighted by atomic mass is 35.5. The van der Waals surface area contributed by atoms with Crippen LogP contribution in [0.1, 0.15) is 12.6 Å². The molecule has 0 aliphatic rings. The molecule has 2 rings (SSSR count). The van der Waals surface area contributed by atoms with Gasteiger partial charge in [-0.1, -0.05) is 11.6 Å². The molecule has 23 heavy (non-hydrogen) atoms. The second kappa shape index (κ2) is 6.23. The van der Waals surface area contributed by atoms with Gasteiger partial charge >= 0.3 is 6.61 Å². The molecule has 0 radical (unpaired) electrons. The molecule has 10 heteroatoms. The molecule has 0 N–H and O–H groups in total. The molecule has 0 amide bonds. The Labute approximate surface area is 130 Å². The Morgan fingerprint density at radius 2 is 1.78 bits per heavy atom. The van der Waals surface area contributed by atoms with Crippen LogP contribution in [0.5, 0.6) is 5.75 Å². The predicted octanol–water partition coefficient (Wildman–Crippen LogP) is 4.79. The van der Waals surface area contributed by atoms with Crippen molar-refractivity contribution in [3.05, 3.63) is 40.8 Å². The maximum atomic E-state index is 13.3. The van der Waals surface area contributed by atoms with Crippen LogP contribution in [0.4, 0.5) is 26.3 Å². The smallest absolute Gasteiger partial charge is 0.387 e. The predicted molar refractivity (Wildman–Crippen MR) is 68.6 cm³/mol. The van der Waals surface area contributed by atoms with E-state index in [1.165, 1.54) is 0 Å². The zero-order valence-corrected chi connectivity index (χ0v) is 12.0. The second-order valence-corrected chi connectivity index (χ2v) is 4.78. The van der Waals surface area contributed by atoms with Crippen molar-refractivity contribution in [2.75, 3.05) is 0 Å². The SMILES string of the molecule is CC(F)(F)c1ncc(-c2cc(F)c(F)cc2OC(F)F)nc1Cl. The molecule has 1 aromatic heterocycles. The Morgan fingerprint density at radius 3 is 2.30 bits per heavy atom. The Morgan fingerprint density at radius 1 is 1.17 bits per heavy atom. The van der Waals surface area contributed by atoms with Crippen LogP contribution in [0, 0.1) is 11.6 Å². The van der Waals surface area contributed by atoms with Gasteiger partial charge in [-0.25, -0.2) is 18.7 Å². The molecule has 0 atom stereocenters. The van der Waals surface area contributed by atoms with Gasteiger partial charge in [0, 0.05) is 18.6 Å². The number of hydrogen-bond donors (Lipinski definition) is 0. The Hall–Kier alpha value is -2.03. The Kier molecular flexibility index (Phi) is 4.69. The molecule has 3 nitrogen and oxygen atoms in total. The van der Waals surface area contributed by atoms with Gasteiger partial charge in [0.25, 0.3) is 5.92 Å². The van der Waals surface area contributed by atoms with E-state index < -0.39 is 46.3 Å². The minimum Gasteiger partial charge on any atom is -0.434 e. The number of nitrogens with zero attached hydrogens (tertiary/aromatic N) is 2. The molecule has 0 saturated heterocycles. The highest BCUT2D eigenvalue weighted by Crippen LogP contribution is 2.35. The van der Waals surface area contributed by atoms with Crippen LogP contribution < -0.4 is 4.74 Å². The van der Waals surface area contributed by atoms with Gasteiger partial charge < -0.3 is 4.74 Å². The highest BCUT2D eigenvalue weighted by molar-refractivity contribution is 6.30. The quantitative estimate of drug-likeness (QED) is 0.739. The van der Waals surface area contributed by atoms with Gasteiger partial charge in [0.15, 0.2) is 16.8 Å². The fourth-order valence-electron chi connectivity index (χ4n) is 1.71. The molecular weight excluding hydrogens is 350 g/mol. The maximum absolute atomic E-state index is 13.3. The normalized spacial score (nSPS) is 11.9. The van der Waals surface area contributed by atoms with E-state index >= 15 is 0 Å². The van der Waals surface area contributed by atoms with Crippen molar-refractivity contribution >= 4 is 11.6 Å². The standard InChI is InChI=1S/C13H7ClF6N2O/c1-13(19,20)10-11(14)22-8(4-21-10)5-2-6(15)7(16)3-9(5)23-12(17)18/h2-4,12H,1H3. The second-order valence-electron chi connectivity index (χ2n) is 4.42. The van der Waals surface area contributed by atoms with Gasteiger partial charge in [-0.05, 0) is 6.07 Å². The summed E-state index contributed by atoms with van der Waals surface area (Å²) in [6.07, 6.45) is 0.767. The van der Waals surface area contributed by atoms with Crippen LogP contribution in [0.15, 0.2) is 18.3 Å². The first-order chi connectivity index (χ1) is 10.6. The van der Waals surface area contributed by atoms with Crippen LogP contribution in [-0.2, 0) is 5.92 Å². The topological polar surface area (TPSA) is 35.0 Å². The molecule has 0 aliphatic carbocycles. The monoisotopic (exact) mass is 356 g/mol. The first kappa shape index (κ1) is 17.3. The van der Waals surface area contributed by atoms with E-state index in [0.29, 0.717) is 19.1 Å². The minimum atomic E-state index is -3.39. The fraction of sp³-hybridized carbons (Fsp3) is 0.231. The summed E-state index contributed by atoms with van der Waals surface area (Å²) in [6, 6.07) is 0.909. The third-order valence-corrected chi connectivity index (χ3v) is 2.92. The van der Waals surface area contributed by atoms with Crippen molar-refractivity contribution in [3.8, 4) is 17.0 Å². The molecule has 0 fully saturated rings. The molecule has 0 spiro atoms. The van der Waals surface area contributed by atoms with E-state index in [2.05, 4.69) is 14.7 Å². The van der Waals surface area contributed by atoms with Crippen LogP contribution in [-0.4, -0.2) is 16.6 Å². The lowest BCUT2D eigenvalue weighted by Crippen LogP contribution is -2.12. The van der Waals surface area contributed by atoms with E-state index in [9.17, 15) is 26.3 Å². The summed E-state index contributed by atoms with van der Waals surface area (Å²) in [4.78, 5) is 6.95. The molecule has 1 heterocycles. The molecule has 0 unspecified atom stereocenters. The third kappa shape index (κ3) is 3.84. The lowest BCUT2D eigenvalue weighted by molar-refractivity contribution is -0.0496. The maximum Gasteiger partial charge on any atom is 0.387 e. The van der Waals surface area contributed by atoms with Gasteiger partial charge in [-0.2, -0.15) is 17.6 Å². The van der Waals surface area contributed by atoms with Crippen molar-refractivity contribution in [3.63, 3.8) is 0 Å². The average Bonchev–Trinajstić information content (AvgIpc) is 2.40. The summed E-state index contributed by atoms with van der Waals surface area (Å²) < 4.78 is 81.7. The van der Waals surface area contributed by atoms with E-state index in [1.807, 2.05) is 0 Å².